The Balaban J connectivity index is 1.68. The largest absolute Gasteiger partial charge is 0.345 e. The summed E-state index contributed by atoms with van der Waals surface area (Å²) in [4.78, 5) is 17.2. The first-order valence-electron chi connectivity index (χ1n) is 9.22. The Morgan fingerprint density at radius 1 is 0.966 bits per heavy atom. The minimum atomic E-state index is -0.324. The van der Waals surface area contributed by atoms with Crippen LogP contribution in [0.1, 0.15) is 21.7 Å². The first kappa shape index (κ1) is 18.9. The van der Waals surface area contributed by atoms with Crippen LogP contribution >= 0.6 is 11.6 Å². The lowest BCUT2D eigenvalue weighted by atomic mass is 10.1. The predicted molar refractivity (Wildman–Crippen MR) is 114 cm³/mol. The van der Waals surface area contributed by atoms with Crippen molar-refractivity contribution in [1.29, 1.82) is 0 Å². The SMILES string of the molecule is Cc1ccc(-c2nc(C(=O)NCc3ccccc3)nn2-c2ccc(Cl)cc2)cc1. The molecule has 3 aromatic carbocycles. The fourth-order valence-corrected chi connectivity index (χ4v) is 3.04. The second kappa shape index (κ2) is 8.29. The molecule has 0 unspecified atom stereocenters. The van der Waals surface area contributed by atoms with E-state index in [9.17, 15) is 4.79 Å². The molecule has 4 rings (SSSR count). The van der Waals surface area contributed by atoms with Gasteiger partial charge in [-0.2, -0.15) is 0 Å². The van der Waals surface area contributed by atoms with E-state index in [0.717, 1.165) is 22.4 Å². The number of carbonyl (C=O) groups is 1. The monoisotopic (exact) mass is 402 g/mol. The number of nitrogens with zero attached hydrogens (tertiary/aromatic N) is 3. The average Bonchev–Trinajstić information content (AvgIpc) is 3.19. The molecule has 0 saturated carbocycles. The Bertz CT molecular complexity index is 1060. The predicted octanol–water partition coefficient (Wildman–Crippen LogP) is 4.83. The molecule has 0 spiro atoms. The van der Waals surface area contributed by atoms with Crippen LogP contribution in [0, 0.1) is 6.92 Å². The Labute approximate surface area is 174 Å². The molecule has 0 fully saturated rings. The van der Waals surface area contributed by atoms with Gasteiger partial charge in [0.2, 0.25) is 5.82 Å². The van der Waals surface area contributed by atoms with E-state index in [1.807, 2.05) is 73.7 Å². The van der Waals surface area contributed by atoms with Gasteiger partial charge in [-0.15, -0.1) is 5.10 Å². The smallest absolute Gasteiger partial charge is 0.291 e. The van der Waals surface area contributed by atoms with Crippen molar-refractivity contribution >= 4 is 17.5 Å². The van der Waals surface area contributed by atoms with Crippen molar-refractivity contribution in [1.82, 2.24) is 20.1 Å². The third-order valence-electron chi connectivity index (χ3n) is 4.49. The summed E-state index contributed by atoms with van der Waals surface area (Å²) in [6, 6.07) is 24.9. The van der Waals surface area contributed by atoms with E-state index >= 15 is 0 Å². The minimum Gasteiger partial charge on any atom is -0.345 e. The number of aromatic nitrogens is 3. The molecule has 0 radical (unpaired) electrons. The van der Waals surface area contributed by atoms with Gasteiger partial charge >= 0.3 is 0 Å². The van der Waals surface area contributed by atoms with Gasteiger partial charge < -0.3 is 5.32 Å². The summed E-state index contributed by atoms with van der Waals surface area (Å²) in [5, 5.41) is 7.98. The maximum Gasteiger partial charge on any atom is 0.291 e. The first-order chi connectivity index (χ1) is 14.1. The molecule has 0 saturated heterocycles. The lowest BCUT2D eigenvalue weighted by Gasteiger charge is -2.06. The lowest BCUT2D eigenvalue weighted by molar-refractivity contribution is 0.0940. The fourth-order valence-electron chi connectivity index (χ4n) is 2.92. The van der Waals surface area contributed by atoms with Gasteiger partial charge in [0.15, 0.2) is 5.82 Å². The normalized spacial score (nSPS) is 10.7. The number of halogens is 1. The molecule has 0 bridgehead atoms. The van der Waals surface area contributed by atoms with Gasteiger partial charge in [0.05, 0.1) is 5.69 Å². The highest BCUT2D eigenvalue weighted by atomic mass is 35.5. The zero-order chi connectivity index (χ0) is 20.2. The molecule has 1 amide bonds. The van der Waals surface area contributed by atoms with Crippen molar-refractivity contribution in [2.24, 2.45) is 0 Å². The van der Waals surface area contributed by atoms with Crippen LogP contribution in [0.2, 0.25) is 5.02 Å². The molecule has 0 aliphatic carbocycles. The van der Waals surface area contributed by atoms with Gasteiger partial charge in [0, 0.05) is 17.1 Å². The molecule has 1 heterocycles. The highest BCUT2D eigenvalue weighted by molar-refractivity contribution is 6.30. The maximum absolute atomic E-state index is 12.7. The van der Waals surface area contributed by atoms with Crippen molar-refractivity contribution in [2.75, 3.05) is 0 Å². The van der Waals surface area contributed by atoms with Gasteiger partial charge in [-0.1, -0.05) is 71.8 Å². The molecule has 1 N–H and O–H groups in total. The molecule has 0 aliphatic heterocycles. The molecular weight excluding hydrogens is 384 g/mol. The van der Waals surface area contributed by atoms with Crippen LogP contribution in [0.3, 0.4) is 0 Å². The average molecular weight is 403 g/mol. The van der Waals surface area contributed by atoms with Crippen molar-refractivity contribution < 1.29 is 4.79 Å². The maximum atomic E-state index is 12.7. The quantitative estimate of drug-likeness (QED) is 0.520. The molecule has 29 heavy (non-hydrogen) atoms. The van der Waals surface area contributed by atoms with E-state index < -0.39 is 0 Å². The summed E-state index contributed by atoms with van der Waals surface area (Å²) >= 11 is 6.02. The molecule has 0 atom stereocenters. The second-order valence-electron chi connectivity index (χ2n) is 6.68. The molecule has 0 aliphatic rings. The molecule has 1 aromatic heterocycles. The van der Waals surface area contributed by atoms with E-state index in [2.05, 4.69) is 15.4 Å². The summed E-state index contributed by atoms with van der Waals surface area (Å²) in [5.74, 6) is 0.388. The van der Waals surface area contributed by atoms with Gasteiger partial charge in [-0.25, -0.2) is 9.67 Å². The van der Waals surface area contributed by atoms with Crippen LogP contribution in [-0.4, -0.2) is 20.7 Å². The van der Waals surface area contributed by atoms with Crippen LogP contribution in [-0.2, 0) is 6.54 Å². The van der Waals surface area contributed by atoms with E-state index in [1.54, 1.807) is 16.8 Å². The molecule has 4 aromatic rings. The molecule has 6 heteroatoms. The number of hydrogen-bond acceptors (Lipinski definition) is 3. The Morgan fingerprint density at radius 2 is 1.66 bits per heavy atom. The van der Waals surface area contributed by atoms with E-state index in [1.165, 1.54) is 0 Å². The minimum absolute atomic E-state index is 0.117. The van der Waals surface area contributed by atoms with Crippen LogP contribution in [0.25, 0.3) is 17.1 Å². The second-order valence-corrected chi connectivity index (χ2v) is 7.12. The number of rotatable bonds is 5. The molecule has 144 valence electrons. The number of nitrogens with one attached hydrogen (secondary N) is 1. The highest BCUT2D eigenvalue weighted by Crippen LogP contribution is 2.23. The first-order valence-corrected chi connectivity index (χ1v) is 9.60. The summed E-state index contributed by atoms with van der Waals surface area (Å²) in [5.41, 5.74) is 3.81. The van der Waals surface area contributed by atoms with Gasteiger partial charge in [0.25, 0.3) is 5.91 Å². The number of amides is 1. The summed E-state index contributed by atoms with van der Waals surface area (Å²) in [6.07, 6.45) is 0. The number of carbonyl (C=O) groups excluding carboxylic acids is 1. The van der Waals surface area contributed by atoms with Crippen LogP contribution in [0.4, 0.5) is 0 Å². The van der Waals surface area contributed by atoms with Gasteiger partial charge in [-0.3, -0.25) is 4.79 Å². The van der Waals surface area contributed by atoms with Crippen molar-refractivity contribution in [3.63, 3.8) is 0 Å². The fraction of sp³-hybridized carbons (Fsp3) is 0.0870. The van der Waals surface area contributed by atoms with Gasteiger partial charge in [-0.05, 0) is 36.8 Å². The molecular formula is C23H19ClN4O. The summed E-state index contributed by atoms with van der Waals surface area (Å²) in [6.45, 7) is 2.44. The Hall–Kier alpha value is -3.44. The van der Waals surface area contributed by atoms with Crippen LogP contribution < -0.4 is 5.32 Å². The summed E-state index contributed by atoms with van der Waals surface area (Å²) < 4.78 is 1.67. The standard InChI is InChI=1S/C23H19ClN4O/c1-16-7-9-18(10-8-16)22-26-21(23(29)25-15-17-5-3-2-4-6-17)27-28(22)20-13-11-19(24)12-14-20/h2-14H,15H2,1H3,(H,25,29). The van der Waals surface area contributed by atoms with Crippen LogP contribution in [0.5, 0.6) is 0 Å². The van der Waals surface area contributed by atoms with Crippen molar-refractivity contribution in [2.45, 2.75) is 13.5 Å². The summed E-state index contributed by atoms with van der Waals surface area (Å²) in [7, 11) is 0. The van der Waals surface area contributed by atoms with E-state index in [0.29, 0.717) is 17.4 Å². The highest BCUT2D eigenvalue weighted by Gasteiger charge is 2.18. The third-order valence-corrected chi connectivity index (χ3v) is 4.74. The number of benzene rings is 3. The third kappa shape index (κ3) is 4.36. The van der Waals surface area contributed by atoms with Crippen molar-refractivity contribution in [3.05, 3.63) is 101 Å². The number of aryl methyl sites for hydroxylation is 1. The number of hydrogen-bond donors (Lipinski definition) is 1. The Kier molecular flexibility index (Phi) is 5.40. The van der Waals surface area contributed by atoms with E-state index in [-0.39, 0.29) is 11.7 Å². The van der Waals surface area contributed by atoms with Crippen molar-refractivity contribution in [3.8, 4) is 17.1 Å². The van der Waals surface area contributed by atoms with Crippen LogP contribution in [0.15, 0.2) is 78.9 Å². The van der Waals surface area contributed by atoms with Gasteiger partial charge in [0.1, 0.15) is 0 Å². The topological polar surface area (TPSA) is 59.8 Å². The molecule has 5 nitrogen and oxygen atoms in total. The Morgan fingerprint density at radius 3 is 2.34 bits per heavy atom. The zero-order valence-corrected chi connectivity index (χ0v) is 16.6. The van der Waals surface area contributed by atoms with E-state index in [4.69, 9.17) is 11.6 Å². The zero-order valence-electron chi connectivity index (χ0n) is 15.8. The lowest BCUT2D eigenvalue weighted by Crippen LogP contribution is -2.24.